The molecule has 1 aliphatic rings. The van der Waals surface area contributed by atoms with Gasteiger partial charge in [-0.25, -0.2) is 4.39 Å². The van der Waals surface area contributed by atoms with Crippen molar-refractivity contribution in [2.45, 2.75) is 24.3 Å². The molecule has 0 aliphatic carbocycles. The average Bonchev–Trinajstić information content (AvgIpc) is 2.79. The van der Waals surface area contributed by atoms with E-state index in [1.165, 1.54) is 11.8 Å². The highest BCUT2D eigenvalue weighted by Gasteiger charge is 2.34. The predicted molar refractivity (Wildman–Crippen MR) is 61.2 cm³/mol. The quantitative estimate of drug-likeness (QED) is 0.602. The van der Waals surface area contributed by atoms with E-state index in [1.807, 2.05) is 0 Å². The minimum atomic E-state index is -4.73. The third-order valence-corrected chi connectivity index (χ3v) is 4.16. The Hall–Kier alpha value is -1.04. The average molecular weight is 278 g/mol. The van der Waals surface area contributed by atoms with Crippen molar-refractivity contribution >= 4 is 17.5 Å². The summed E-state index contributed by atoms with van der Waals surface area (Å²) in [5.41, 5.74) is -1.32. The third-order valence-electron chi connectivity index (χ3n) is 2.78. The van der Waals surface area contributed by atoms with Gasteiger partial charge in [0.2, 0.25) is 0 Å². The van der Waals surface area contributed by atoms with Crippen LogP contribution >= 0.6 is 11.8 Å². The van der Waals surface area contributed by atoms with Crippen molar-refractivity contribution < 1.29 is 22.4 Å². The van der Waals surface area contributed by atoms with E-state index in [1.54, 1.807) is 0 Å². The van der Waals surface area contributed by atoms with E-state index in [0.29, 0.717) is 18.6 Å². The van der Waals surface area contributed by atoms with E-state index >= 15 is 0 Å². The zero-order chi connectivity index (χ0) is 13.3. The lowest BCUT2D eigenvalue weighted by molar-refractivity contribution is -0.140. The summed E-state index contributed by atoms with van der Waals surface area (Å²) in [6.07, 6.45) is -3.12. The first-order valence-corrected chi connectivity index (χ1v) is 6.47. The topological polar surface area (TPSA) is 17.1 Å². The number of carbonyl (C=O) groups excluding carboxylic acids is 1. The summed E-state index contributed by atoms with van der Waals surface area (Å²) in [5, 5.41) is -0.249. The van der Waals surface area contributed by atoms with Crippen LogP contribution in [0.2, 0.25) is 0 Å². The molecule has 1 saturated heterocycles. The number of hydrogen-bond donors (Lipinski definition) is 0. The van der Waals surface area contributed by atoms with Gasteiger partial charge in [0, 0.05) is 5.56 Å². The molecule has 1 nitrogen and oxygen atoms in total. The monoisotopic (exact) mass is 278 g/mol. The number of rotatable bonds is 2. The molecule has 0 amide bonds. The van der Waals surface area contributed by atoms with Gasteiger partial charge in [-0.1, -0.05) is 6.07 Å². The fourth-order valence-corrected chi connectivity index (χ4v) is 3.11. The number of thioether (sulfide) groups is 1. The second-order valence-corrected chi connectivity index (χ2v) is 5.37. The lowest BCUT2D eigenvalue weighted by Crippen LogP contribution is -2.16. The highest BCUT2D eigenvalue weighted by atomic mass is 32.2. The Balaban J connectivity index is 2.26. The Morgan fingerprint density at radius 1 is 1.33 bits per heavy atom. The molecule has 0 radical (unpaired) electrons. The molecule has 0 saturated carbocycles. The number of hydrogen-bond acceptors (Lipinski definition) is 2. The number of Topliss-reactive ketones (excluding diaryl/α,β-unsaturated/α-hetero) is 1. The van der Waals surface area contributed by atoms with Crippen LogP contribution in [0.4, 0.5) is 17.6 Å². The second kappa shape index (κ2) is 4.91. The van der Waals surface area contributed by atoms with E-state index in [-0.39, 0.29) is 16.6 Å². The normalized spacial score (nSPS) is 20.1. The molecule has 2 rings (SSSR count). The predicted octanol–water partition coefficient (Wildman–Crippen LogP) is 3.92. The van der Waals surface area contributed by atoms with E-state index < -0.39 is 17.6 Å². The van der Waals surface area contributed by atoms with Crippen LogP contribution < -0.4 is 0 Å². The number of carbonyl (C=O) groups is 1. The molecule has 1 aliphatic heterocycles. The van der Waals surface area contributed by atoms with Crippen LogP contribution in [0.15, 0.2) is 18.2 Å². The first kappa shape index (κ1) is 13.4. The first-order valence-electron chi connectivity index (χ1n) is 5.42. The standard InChI is InChI=1S/C12H10F4OS/c13-9-6-7(3-4-8(9)12(14,15)16)11(17)10-2-1-5-18-10/h3-4,6,10H,1-2,5H2. The van der Waals surface area contributed by atoms with Gasteiger partial charge < -0.3 is 0 Å². The molecule has 1 heterocycles. The number of benzene rings is 1. The van der Waals surface area contributed by atoms with Crippen LogP contribution in [0.3, 0.4) is 0 Å². The van der Waals surface area contributed by atoms with Crippen LogP contribution in [0.1, 0.15) is 28.8 Å². The molecule has 0 bridgehead atoms. The van der Waals surface area contributed by atoms with Gasteiger partial charge in [0.25, 0.3) is 0 Å². The van der Waals surface area contributed by atoms with Gasteiger partial charge in [-0.2, -0.15) is 24.9 Å². The first-order chi connectivity index (χ1) is 8.39. The highest BCUT2D eigenvalue weighted by Crippen LogP contribution is 2.33. The summed E-state index contributed by atoms with van der Waals surface area (Å²) in [6, 6.07) is 2.36. The van der Waals surface area contributed by atoms with Gasteiger partial charge in [0.15, 0.2) is 5.78 Å². The van der Waals surface area contributed by atoms with Crippen molar-refractivity contribution in [3.05, 3.63) is 35.1 Å². The van der Waals surface area contributed by atoms with Gasteiger partial charge in [0.05, 0.1) is 10.8 Å². The van der Waals surface area contributed by atoms with Crippen molar-refractivity contribution in [1.82, 2.24) is 0 Å². The Bertz CT molecular complexity index is 464. The van der Waals surface area contributed by atoms with Crippen molar-refractivity contribution in [2.75, 3.05) is 5.75 Å². The lowest BCUT2D eigenvalue weighted by atomic mass is 10.0. The van der Waals surface area contributed by atoms with E-state index in [0.717, 1.165) is 18.2 Å². The Labute approximate surface area is 106 Å². The Morgan fingerprint density at radius 2 is 2.06 bits per heavy atom. The van der Waals surface area contributed by atoms with Gasteiger partial charge in [-0.05, 0) is 30.7 Å². The maximum atomic E-state index is 13.3. The van der Waals surface area contributed by atoms with Crippen LogP contribution in [0.25, 0.3) is 0 Å². The summed E-state index contributed by atoms with van der Waals surface area (Å²) in [5.74, 6) is -0.819. The smallest absolute Gasteiger partial charge is 0.293 e. The summed E-state index contributed by atoms with van der Waals surface area (Å²) < 4.78 is 50.4. The Morgan fingerprint density at radius 3 is 2.56 bits per heavy atom. The maximum absolute atomic E-state index is 13.3. The zero-order valence-electron chi connectivity index (χ0n) is 9.26. The van der Waals surface area contributed by atoms with Gasteiger partial charge in [-0.3, -0.25) is 4.79 Å². The summed E-state index contributed by atoms with van der Waals surface area (Å²) >= 11 is 1.47. The minimum absolute atomic E-state index is 0.0138. The molecule has 0 aromatic heterocycles. The molecule has 98 valence electrons. The molecule has 1 atom stereocenters. The zero-order valence-corrected chi connectivity index (χ0v) is 10.1. The molecule has 1 aromatic rings. The van der Waals surface area contributed by atoms with E-state index in [2.05, 4.69) is 0 Å². The van der Waals surface area contributed by atoms with E-state index in [9.17, 15) is 22.4 Å². The van der Waals surface area contributed by atoms with Gasteiger partial charge >= 0.3 is 6.18 Å². The molecule has 1 aromatic carbocycles. The molecule has 0 spiro atoms. The fourth-order valence-electron chi connectivity index (χ4n) is 1.87. The molecule has 6 heteroatoms. The number of halogens is 4. The van der Waals surface area contributed by atoms with Crippen molar-refractivity contribution in [3.8, 4) is 0 Å². The van der Waals surface area contributed by atoms with Crippen LogP contribution in [-0.2, 0) is 6.18 Å². The lowest BCUT2D eigenvalue weighted by Gasteiger charge is -2.11. The molecule has 1 fully saturated rings. The Kier molecular flexibility index (Phi) is 3.66. The van der Waals surface area contributed by atoms with Crippen molar-refractivity contribution in [3.63, 3.8) is 0 Å². The SMILES string of the molecule is O=C(c1ccc(C(F)(F)F)c(F)c1)C1CCCS1. The van der Waals surface area contributed by atoms with Crippen LogP contribution in [0.5, 0.6) is 0 Å². The highest BCUT2D eigenvalue weighted by molar-refractivity contribution is 8.00. The summed E-state index contributed by atoms with van der Waals surface area (Å²) in [7, 11) is 0. The fraction of sp³-hybridized carbons (Fsp3) is 0.417. The molecular formula is C12H10F4OS. The summed E-state index contributed by atoms with van der Waals surface area (Å²) in [6.45, 7) is 0. The molecule has 18 heavy (non-hydrogen) atoms. The van der Waals surface area contributed by atoms with Crippen LogP contribution in [0, 0.1) is 5.82 Å². The number of ketones is 1. The maximum Gasteiger partial charge on any atom is 0.419 e. The van der Waals surface area contributed by atoms with Crippen molar-refractivity contribution in [2.24, 2.45) is 0 Å². The largest absolute Gasteiger partial charge is 0.419 e. The molecule has 0 N–H and O–H groups in total. The number of alkyl halides is 3. The van der Waals surface area contributed by atoms with E-state index in [4.69, 9.17) is 0 Å². The van der Waals surface area contributed by atoms with Gasteiger partial charge in [0.1, 0.15) is 5.82 Å². The molecule has 1 unspecified atom stereocenters. The van der Waals surface area contributed by atoms with Gasteiger partial charge in [-0.15, -0.1) is 0 Å². The third kappa shape index (κ3) is 2.68. The molecular weight excluding hydrogens is 268 g/mol. The second-order valence-electron chi connectivity index (χ2n) is 4.06. The van der Waals surface area contributed by atoms with Crippen LogP contribution in [-0.4, -0.2) is 16.8 Å². The van der Waals surface area contributed by atoms with Crippen molar-refractivity contribution in [1.29, 1.82) is 0 Å². The minimum Gasteiger partial charge on any atom is -0.293 e. The summed E-state index contributed by atoms with van der Waals surface area (Å²) in [4.78, 5) is 11.9.